The molecule has 0 amide bonds. The lowest BCUT2D eigenvalue weighted by atomic mass is 9.47. The molecule has 4 bridgehead atoms. The van der Waals surface area contributed by atoms with E-state index in [4.69, 9.17) is 0 Å². The zero-order chi connectivity index (χ0) is 16.0. The molecule has 0 heterocycles. The molecule has 4 fully saturated rings. The summed E-state index contributed by atoms with van der Waals surface area (Å²) in [5, 5.41) is 10.4. The van der Waals surface area contributed by atoms with Gasteiger partial charge in [0.1, 0.15) is 6.10 Å². The summed E-state index contributed by atoms with van der Waals surface area (Å²) in [6, 6.07) is 9.12. The number of ketones is 1. The van der Waals surface area contributed by atoms with Crippen LogP contribution >= 0.6 is 0 Å². The lowest BCUT2D eigenvalue weighted by Crippen LogP contribution is -2.47. The van der Waals surface area contributed by atoms with Crippen molar-refractivity contribution in [2.75, 3.05) is 0 Å². The minimum atomic E-state index is -0.946. The first-order valence-corrected chi connectivity index (χ1v) is 9.01. The smallest absolute Gasteiger partial charge is 0.191 e. The highest BCUT2D eigenvalue weighted by atomic mass is 16.3. The van der Waals surface area contributed by atoms with Gasteiger partial charge in [-0.2, -0.15) is 0 Å². The summed E-state index contributed by atoms with van der Waals surface area (Å²) in [6.07, 6.45) is 7.41. The molecule has 4 aliphatic rings. The summed E-state index contributed by atoms with van der Waals surface area (Å²) in [6.45, 7) is 4.35. The Morgan fingerprint density at radius 1 is 1.09 bits per heavy atom. The Balaban J connectivity index is 1.47. The highest BCUT2D eigenvalue weighted by Gasteiger charge is 2.52. The second-order valence-corrected chi connectivity index (χ2v) is 8.25. The molecule has 122 valence electrons. The standard InChI is InChI=1S/C21H26O2/c1-14(7-19(22)20(23)18-5-3-2-4-6-18)21-11-15-8-16(12-21)10-17(9-15)13-21/h2-6,15-17,19,22H,1,7-13H2/t15?,16?,17?,19-,21?/m0/s1. The first-order valence-electron chi connectivity index (χ1n) is 9.01. The number of carbonyl (C=O) groups excluding carboxylic acids is 1. The molecule has 0 aromatic heterocycles. The number of Topliss-reactive ketones (excluding diaryl/α,β-unsaturated/α-hetero) is 1. The van der Waals surface area contributed by atoms with E-state index in [1.54, 1.807) is 12.1 Å². The van der Waals surface area contributed by atoms with E-state index in [0.29, 0.717) is 12.0 Å². The number of aliphatic hydroxyl groups is 1. The van der Waals surface area contributed by atoms with E-state index < -0.39 is 6.10 Å². The minimum absolute atomic E-state index is 0.170. The van der Waals surface area contributed by atoms with Crippen LogP contribution in [-0.2, 0) is 0 Å². The monoisotopic (exact) mass is 310 g/mol. The molecule has 1 aromatic carbocycles. The van der Waals surface area contributed by atoms with Gasteiger partial charge in [0.15, 0.2) is 5.78 Å². The molecule has 2 heteroatoms. The second kappa shape index (κ2) is 5.59. The van der Waals surface area contributed by atoms with E-state index in [-0.39, 0.29) is 11.2 Å². The van der Waals surface area contributed by atoms with Gasteiger partial charge >= 0.3 is 0 Å². The van der Waals surface area contributed by atoms with Crippen LogP contribution < -0.4 is 0 Å². The third-order valence-corrected chi connectivity index (χ3v) is 6.59. The topological polar surface area (TPSA) is 37.3 Å². The number of carbonyl (C=O) groups is 1. The number of aliphatic hydroxyl groups excluding tert-OH is 1. The van der Waals surface area contributed by atoms with E-state index in [1.165, 1.54) is 38.5 Å². The van der Waals surface area contributed by atoms with Crippen LogP contribution in [0.1, 0.15) is 55.3 Å². The Bertz CT molecular complexity index is 581. The molecule has 0 spiro atoms. The predicted octanol–water partition coefficient (Wildman–Crippen LogP) is 4.39. The molecule has 0 unspecified atom stereocenters. The van der Waals surface area contributed by atoms with Gasteiger partial charge in [0, 0.05) is 12.0 Å². The van der Waals surface area contributed by atoms with Crippen molar-refractivity contribution in [1.29, 1.82) is 0 Å². The number of benzene rings is 1. The van der Waals surface area contributed by atoms with Crippen molar-refractivity contribution >= 4 is 5.78 Å². The van der Waals surface area contributed by atoms with Crippen molar-refractivity contribution in [3.8, 4) is 0 Å². The summed E-state index contributed by atoms with van der Waals surface area (Å²) in [4.78, 5) is 12.4. The fourth-order valence-corrected chi connectivity index (χ4v) is 5.88. The lowest BCUT2D eigenvalue weighted by Gasteiger charge is -2.57. The van der Waals surface area contributed by atoms with E-state index >= 15 is 0 Å². The van der Waals surface area contributed by atoms with Crippen LogP contribution in [0.2, 0.25) is 0 Å². The quantitative estimate of drug-likeness (QED) is 0.647. The maximum Gasteiger partial charge on any atom is 0.191 e. The molecular formula is C21H26O2. The fraction of sp³-hybridized carbons (Fsp3) is 0.571. The van der Waals surface area contributed by atoms with Crippen molar-refractivity contribution < 1.29 is 9.90 Å². The minimum Gasteiger partial charge on any atom is -0.385 e. The number of hydrogen-bond donors (Lipinski definition) is 1. The molecule has 23 heavy (non-hydrogen) atoms. The summed E-state index contributed by atoms with van der Waals surface area (Å²) in [7, 11) is 0. The zero-order valence-corrected chi connectivity index (χ0v) is 13.7. The van der Waals surface area contributed by atoms with Crippen LogP contribution in [-0.4, -0.2) is 17.0 Å². The van der Waals surface area contributed by atoms with Crippen LogP contribution in [0.25, 0.3) is 0 Å². The van der Waals surface area contributed by atoms with Crippen molar-refractivity contribution in [1.82, 2.24) is 0 Å². The van der Waals surface area contributed by atoms with Gasteiger partial charge in [0.2, 0.25) is 0 Å². The van der Waals surface area contributed by atoms with E-state index in [1.807, 2.05) is 18.2 Å². The Morgan fingerprint density at radius 2 is 1.61 bits per heavy atom. The predicted molar refractivity (Wildman–Crippen MR) is 91.1 cm³/mol. The molecule has 2 nitrogen and oxygen atoms in total. The Kier molecular flexibility index (Phi) is 3.68. The normalized spacial score (nSPS) is 36.0. The summed E-state index contributed by atoms with van der Waals surface area (Å²) >= 11 is 0. The third kappa shape index (κ3) is 2.67. The van der Waals surface area contributed by atoms with Crippen molar-refractivity contribution in [2.24, 2.45) is 23.2 Å². The van der Waals surface area contributed by atoms with E-state index in [0.717, 1.165) is 23.3 Å². The molecule has 1 N–H and O–H groups in total. The zero-order valence-electron chi connectivity index (χ0n) is 13.7. The van der Waals surface area contributed by atoms with Gasteiger partial charge in [0.25, 0.3) is 0 Å². The van der Waals surface area contributed by atoms with Crippen LogP contribution in [0.3, 0.4) is 0 Å². The number of rotatable bonds is 5. The van der Waals surface area contributed by atoms with Crippen molar-refractivity contribution in [3.05, 3.63) is 48.0 Å². The molecule has 4 aliphatic carbocycles. The van der Waals surface area contributed by atoms with Gasteiger partial charge in [-0.05, 0) is 61.7 Å². The highest BCUT2D eigenvalue weighted by Crippen LogP contribution is 2.62. The summed E-state index contributed by atoms with van der Waals surface area (Å²) in [5.74, 6) is 2.41. The molecular weight excluding hydrogens is 284 g/mol. The van der Waals surface area contributed by atoms with Gasteiger partial charge in [-0.25, -0.2) is 0 Å². The van der Waals surface area contributed by atoms with Crippen LogP contribution in [0.5, 0.6) is 0 Å². The molecule has 0 aliphatic heterocycles. The summed E-state index contributed by atoms with van der Waals surface area (Å²) < 4.78 is 0. The Hall–Kier alpha value is -1.41. The van der Waals surface area contributed by atoms with Gasteiger partial charge in [0.05, 0.1) is 0 Å². The van der Waals surface area contributed by atoms with Crippen LogP contribution in [0, 0.1) is 23.2 Å². The molecule has 1 atom stereocenters. The first-order chi connectivity index (χ1) is 11.1. The SMILES string of the molecule is C=C(C[C@H](O)C(=O)c1ccccc1)C12CC3CC(CC(C3)C1)C2. The first kappa shape index (κ1) is 15.1. The highest BCUT2D eigenvalue weighted by molar-refractivity contribution is 5.99. The molecule has 1 aromatic rings. The van der Waals surface area contributed by atoms with Gasteiger partial charge in [-0.3, -0.25) is 4.79 Å². The molecule has 0 radical (unpaired) electrons. The average molecular weight is 310 g/mol. The maximum absolute atomic E-state index is 12.4. The van der Waals surface area contributed by atoms with E-state index in [2.05, 4.69) is 6.58 Å². The number of hydrogen-bond acceptors (Lipinski definition) is 2. The Labute approximate surface area is 138 Å². The average Bonchev–Trinajstić information content (AvgIpc) is 2.53. The fourth-order valence-electron chi connectivity index (χ4n) is 5.88. The molecule has 5 rings (SSSR count). The van der Waals surface area contributed by atoms with Crippen molar-refractivity contribution in [2.45, 2.75) is 51.0 Å². The maximum atomic E-state index is 12.4. The molecule has 4 saturated carbocycles. The van der Waals surface area contributed by atoms with Crippen LogP contribution in [0.15, 0.2) is 42.5 Å². The van der Waals surface area contributed by atoms with Gasteiger partial charge in [-0.1, -0.05) is 42.5 Å². The lowest BCUT2D eigenvalue weighted by molar-refractivity contribution is -0.0339. The summed E-state index contributed by atoms with van der Waals surface area (Å²) in [5.41, 5.74) is 1.94. The largest absolute Gasteiger partial charge is 0.385 e. The van der Waals surface area contributed by atoms with Gasteiger partial charge in [-0.15, -0.1) is 0 Å². The Morgan fingerprint density at radius 3 is 2.13 bits per heavy atom. The van der Waals surface area contributed by atoms with Gasteiger partial charge < -0.3 is 5.11 Å². The van der Waals surface area contributed by atoms with Crippen molar-refractivity contribution in [3.63, 3.8) is 0 Å². The third-order valence-electron chi connectivity index (χ3n) is 6.59. The molecule has 0 saturated heterocycles. The van der Waals surface area contributed by atoms with Crippen LogP contribution in [0.4, 0.5) is 0 Å². The second-order valence-electron chi connectivity index (χ2n) is 8.25. The van der Waals surface area contributed by atoms with E-state index in [9.17, 15) is 9.90 Å².